The third kappa shape index (κ3) is 7.23. The van der Waals surface area contributed by atoms with Crippen LogP contribution in [0.25, 0.3) is 0 Å². The fourth-order valence-corrected chi connectivity index (χ4v) is 7.50. The number of unbranched alkanes of at least 4 members (excludes halogenated alkanes) is 1. The van der Waals surface area contributed by atoms with E-state index in [9.17, 15) is 24.3 Å². The number of carbonyl (C=O) groups excluding carboxylic acids is 4. The lowest BCUT2D eigenvalue weighted by atomic mass is 9.70. The summed E-state index contributed by atoms with van der Waals surface area (Å²) in [5.74, 6) is -2.92. The number of esters is 1. The van der Waals surface area contributed by atoms with E-state index in [2.05, 4.69) is 25.4 Å². The number of fused-ring (bicyclic) bond motifs is 1. The molecule has 3 saturated heterocycles. The zero-order valence-electron chi connectivity index (χ0n) is 27.6. The Kier molecular flexibility index (Phi) is 12.2. The maximum Gasteiger partial charge on any atom is 0.306 e. The Morgan fingerprint density at radius 3 is 2.59 bits per heavy atom. The Morgan fingerprint density at radius 1 is 1.22 bits per heavy atom. The van der Waals surface area contributed by atoms with Gasteiger partial charge >= 0.3 is 5.97 Å². The molecule has 4 rings (SSSR count). The Labute approximate surface area is 273 Å². The van der Waals surface area contributed by atoms with Gasteiger partial charge in [0.1, 0.15) is 18.2 Å². The third-order valence-electron chi connectivity index (χ3n) is 9.55. The third-order valence-corrected chi connectivity index (χ3v) is 9.55. The van der Waals surface area contributed by atoms with E-state index in [4.69, 9.17) is 9.47 Å². The summed E-state index contributed by atoms with van der Waals surface area (Å²) >= 11 is 0. The van der Waals surface area contributed by atoms with Crippen molar-refractivity contribution < 1.29 is 33.8 Å². The number of nitrogens with zero attached hydrogens (tertiary/aromatic N) is 2. The molecule has 3 heterocycles. The number of aliphatic hydroxyl groups excluding tert-OH is 1. The molecule has 3 aliphatic heterocycles. The second kappa shape index (κ2) is 15.9. The van der Waals surface area contributed by atoms with Crippen LogP contribution in [0.1, 0.15) is 77.3 Å². The van der Waals surface area contributed by atoms with Crippen molar-refractivity contribution in [3.05, 3.63) is 61.2 Å². The van der Waals surface area contributed by atoms with Crippen molar-refractivity contribution in [1.82, 2.24) is 15.1 Å². The molecule has 3 amide bonds. The van der Waals surface area contributed by atoms with Gasteiger partial charge in [0.05, 0.1) is 36.6 Å². The molecule has 0 unspecified atom stereocenters. The van der Waals surface area contributed by atoms with Crippen LogP contribution in [-0.4, -0.2) is 88.7 Å². The van der Waals surface area contributed by atoms with Gasteiger partial charge in [0.2, 0.25) is 17.7 Å². The lowest BCUT2D eigenvalue weighted by Crippen LogP contribution is -2.59. The highest BCUT2D eigenvalue weighted by Gasteiger charge is 2.75. The van der Waals surface area contributed by atoms with Gasteiger partial charge in [-0.3, -0.25) is 19.2 Å². The number of ether oxygens (including phenoxy) is 2. The molecule has 0 saturated carbocycles. The van der Waals surface area contributed by atoms with Crippen molar-refractivity contribution in [2.45, 2.75) is 95.5 Å². The van der Waals surface area contributed by atoms with Gasteiger partial charge in [-0.25, -0.2) is 0 Å². The van der Waals surface area contributed by atoms with E-state index in [0.717, 1.165) is 18.4 Å². The molecule has 3 aliphatic rings. The van der Waals surface area contributed by atoms with E-state index >= 15 is 0 Å². The van der Waals surface area contributed by atoms with Crippen LogP contribution in [0, 0.1) is 17.8 Å². The molecule has 1 aromatic rings. The number of carbonyl (C=O) groups is 4. The first kappa shape index (κ1) is 35.4. The van der Waals surface area contributed by atoms with Crippen molar-refractivity contribution in [3.8, 4) is 0 Å². The Hall–Kier alpha value is -3.50. The quantitative estimate of drug-likeness (QED) is 0.185. The highest BCUT2D eigenvalue weighted by Crippen LogP contribution is 2.59. The Balaban J connectivity index is 1.67. The molecule has 2 bridgehead atoms. The second-order valence-corrected chi connectivity index (χ2v) is 13.2. The standard InChI is InChI=1S/C36H51N3O7/c1-6-9-16-29(41)45-23-27(25-14-12-11-13-15-25)37-33(42)30-28-17-18-36(46-28)31(30)34(43)39(26(22-40)21-24(4)5)32(36)35(44)38(19-8-3)20-10-7-2/h6,8,11-15,24,26-28,30-32,40H,1,3,7,9-10,16-23H2,2,4-5H3,(H,37,42)/t26-,27+,28+,30-,31-,32+,36-/m1/s1. The van der Waals surface area contributed by atoms with E-state index in [-0.39, 0.29) is 43.3 Å². The zero-order chi connectivity index (χ0) is 33.4. The number of hydrogen-bond donors (Lipinski definition) is 2. The minimum Gasteiger partial charge on any atom is -0.463 e. The topological polar surface area (TPSA) is 125 Å². The number of nitrogens with one attached hydrogen (secondary N) is 1. The van der Waals surface area contributed by atoms with E-state index in [0.29, 0.717) is 38.8 Å². The monoisotopic (exact) mass is 637 g/mol. The lowest BCUT2D eigenvalue weighted by molar-refractivity contribution is -0.151. The van der Waals surface area contributed by atoms with E-state index in [1.165, 1.54) is 0 Å². The summed E-state index contributed by atoms with van der Waals surface area (Å²) in [6.07, 6.45) is 6.62. The molecule has 0 aliphatic carbocycles. The molecule has 0 aromatic heterocycles. The summed E-state index contributed by atoms with van der Waals surface area (Å²) in [4.78, 5) is 58.8. The van der Waals surface area contributed by atoms with Crippen LogP contribution >= 0.6 is 0 Å². The smallest absolute Gasteiger partial charge is 0.306 e. The molecule has 10 heteroatoms. The first-order valence-electron chi connectivity index (χ1n) is 16.8. The SMILES string of the molecule is C=CCCC(=O)OC[C@H](NC(=O)[C@@H]1[C@@H]2CC[C@]3(O2)[C@H](C(=O)N(CC=C)CCCC)N([C@@H](CO)CC(C)C)C(=O)[C@@H]13)c1ccccc1. The van der Waals surface area contributed by atoms with Crippen LogP contribution in [0.2, 0.25) is 0 Å². The summed E-state index contributed by atoms with van der Waals surface area (Å²) < 4.78 is 12.2. The predicted molar refractivity (Wildman–Crippen MR) is 174 cm³/mol. The van der Waals surface area contributed by atoms with Crippen LogP contribution in [0.3, 0.4) is 0 Å². The molecule has 3 fully saturated rings. The number of benzene rings is 1. The van der Waals surface area contributed by atoms with Crippen LogP contribution < -0.4 is 5.32 Å². The van der Waals surface area contributed by atoms with Gasteiger partial charge in [-0.2, -0.15) is 0 Å². The number of aliphatic hydroxyl groups is 1. The van der Waals surface area contributed by atoms with Gasteiger partial charge < -0.3 is 29.7 Å². The van der Waals surface area contributed by atoms with Gasteiger partial charge in [-0.15, -0.1) is 13.2 Å². The molecular formula is C36H51N3O7. The molecule has 1 aromatic carbocycles. The van der Waals surface area contributed by atoms with Gasteiger partial charge in [0.15, 0.2) is 0 Å². The number of rotatable bonds is 18. The maximum absolute atomic E-state index is 14.5. The normalized spacial score (nSPS) is 26.0. The van der Waals surface area contributed by atoms with Crippen molar-refractivity contribution in [2.75, 3.05) is 26.3 Å². The average Bonchev–Trinajstić information content (AvgIpc) is 3.70. The predicted octanol–water partition coefficient (Wildman–Crippen LogP) is 3.95. The van der Waals surface area contributed by atoms with Crippen LogP contribution in [0.4, 0.5) is 0 Å². The number of allylic oxidation sites excluding steroid dienone is 1. The zero-order valence-corrected chi connectivity index (χ0v) is 27.6. The highest BCUT2D eigenvalue weighted by molar-refractivity contribution is 5.99. The first-order valence-corrected chi connectivity index (χ1v) is 16.8. The van der Waals surface area contributed by atoms with E-state index in [1.807, 2.05) is 44.2 Å². The van der Waals surface area contributed by atoms with Crippen LogP contribution in [-0.2, 0) is 28.7 Å². The summed E-state index contributed by atoms with van der Waals surface area (Å²) in [5.41, 5.74) is -0.428. The number of amides is 3. The van der Waals surface area contributed by atoms with Gasteiger partial charge in [-0.1, -0.05) is 69.7 Å². The molecule has 2 N–H and O–H groups in total. The largest absolute Gasteiger partial charge is 0.463 e. The van der Waals surface area contributed by atoms with Gasteiger partial charge in [0, 0.05) is 19.5 Å². The van der Waals surface area contributed by atoms with Gasteiger partial charge in [0.25, 0.3) is 0 Å². The Bertz CT molecular complexity index is 1250. The molecule has 7 atom stereocenters. The van der Waals surface area contributed by atoms with Crippen LogP contribution in [0.15, 0.2) is 55.6 Å². The molecule has 46 heavy (non-hydrogen) atoms. The van der Waals surface area contributed by atoms with Crippen molar-refractivity contribution >= 4 is 23.7 Å². The van der Waals surface area contributed by atoms with Crippen LogP contribution in [0.5, 0.6) is 0 Å². The second-order valence-electron chi connectivity index (χ2n) is 13.2. The summed E-state index contributed by atoms with van der Waals surface area (Å²) in [5, 5.41) is 13.6. The number of likely N-dealkylation sites (tertiary alicyclic amines) is 1. The molecule has 252 valence electrons. The van der Waals surface area contributed by atoms with E-state index < -0.39 is 47.6 Å². The average molecular weight is 638 g/mol. The maximum atomic E-state index is 14.5. The fourth-order valence-electron chi connectivity index (χ4n) is 7.50. The lowest BCUT2D eigenvalue weighted by Gasteiger charge is -2.39. The summed E-state index contributed by atoms with van der Waals surface area (Å²) in [6.45, 7) is 14.0. The molecular weight excluding hydrogens is 586 g/mol. The summed E-state index contributed by atoms with van der Waals surface area (Å²) in [6, 6.07) is 7.03. The molecule has 10 nitrogen and oxygen atoms in total. The molecule has 1 spiro atoms. The number of hydrogen-bond acceptors (Lipinski definition) is 7. The minimum atomic E-state index is -1.18. The van der Waals surface area contributed by atoms with Crippen molar-refractivity contribution in [2.24, 2.45) is 17.8 Å². The molecule has 0 radical (unpaired) electrons. The fraction of sp³-hybridized carbons (Fsp3) is 0.611. The van der Waals surface area contributed by atoms with Crippen molar-refractivity contribution in [3.63, 3.8) is 0 Å². The van der Waals surface area contributed by atoms with Crippen molar-refractivity contribution in [1.29, 1.82) is 0 Å². The van der Waals surface area contributed by atoms with E-state index in [1.54, 1.807) is 22.0 Å². The van der Waals surface area contributed by atoms with Gasteiger partial charge in [-0.05, 0) is 43.6 Å². The highest BCUT2D eigenvalue weighted by atomic mass is 16.5. The summed E-state index contributed by atoms with van der Waals surface area (Å²) in [7, 11) is 0. The first-order chi connectivity index (χ1) is 22.1. The minimum absolute atomic E-state index is 0.0735. The Morgan fingerprint density at radius 2 is 1.96 bits per heavy atom.